The van der Waals surface area contributed by atoms with E-state index in [-0.39, 0.29) is 23.1 Å². The summed E-state index contributed by atoms with van der Waals surface area (Å²) in [5.74, 6) is 0.0910. The Morgan fingerprint density at radius 3 is 2.60 bits per heavy atom. The van der Waals surface area contributed by atoms with Gasteiger partial charge in [-0.05, 0) is 30.4 Å². The Bertz CT molecular complexity index is 483. The van der Waals surface area contributed by atoms with Gasteiger partial charge in [0.1, 0.15) is 11.6 Å². The fourth-order valence-corrected chi connectivity index (χ4v) is 2.73. The third-order valence-electron chi connectivity index (χ3n) is 4.00. The van der Waals surface area contributed by atoms with Crippen LogP contribution in [0.4, 0.5) is 24.8 Å². The van der Waals surface area contributed by atoms with Crippen molar-refractivity contribution in [2.75, 3.05) is 11.1 Å². The number of pyridine rings is 1. The Morgan fingerprint density at radius 2 is 2.00 bits per heavy atom. The molecule has 112 valence electrons. The Balaban J connectivity index is 2.23. The number of rotatable bonds is 2. The number of nitrogens with zero attached hydrogens (tertiary/aromatic N) is 1. The van der Waals surface area contributed by atoms with E-state index in [9.17, 15) is 13.2 Å². The van der Waals surface area contributed by atoms with Crippen LogP contribution in [0.15, 0.2) is 12.1 Å². The van der Waals surface area contributed by atoms with E-state index in [1.165, 1.54) is 0 Å². The SMILES string of the molecule is CC1(C)CCCCC1Nc1cc(C(F)(F)F)cc(N)n1. The Hall–Kier alpha value is -1.46. The van der Waals surface area contributed by atoms with Crippen molar-refractivity contribution < 1.29 is 13.2 Å². The van der Waals surface area contributed by atoms with Gasteiger partial charge in [-0.25, -0.2) is 4.98 Å². The molecule has 1 saturated carbocycles. The van der Waals surface area contributed by atoms with Gasteiger partial charge < -0.3 is 11.1 Å². The molecule has 1 fully saturated rings. The number of halogens is 3. The molecule has 1 aromatic rings. The van der Waals surface area contributed by atoms with Gasteiger partial charge >= 0.3 is 6.18 Å². The normalized spacial score (nSPS) is 22.6. The van der Waals surface area contributed by atoms with Gasteiger partial charge in [0.2, 0.25) is 0 Å². The average Bonchev–Trinajstić information content (AvgIpc) is 2.30. The summed E-state index contributed by atoms with van der Waals surface area (Å²) in [6.07, 6.45) is -0.182. The molecule has 3 nitrogen and oxygen atoms in total. The van der Waals surface area contributed by atoms with E-state index in [1.807, 2.05) is 0 Å². The number of hydrogen-bond acceptors (Lipinski definition) is 3. The lowest BCUT2D eigenvalue weighted by molar-refractivity contribution is -0.137. The first-order valence-corrected chi connectivity index (χ1v) is 6.80. The molecule has 0 amide bonds. The quantitative estimate of drug-likeness (QED) is 0.862. The summed E-state index contributed by atoms with van der Waals surface area (Å²) in [6, 6.07) is 2.00. The van der Waals surface area contributed by atoms with E-state index in [1.54, 1.807) is 0 Å². The standard InChI is InChI=1S/C14H20F3N3/c1-13(2)6-4-3-5-10(13)19-12-8-9(14(15,16)17)7-11(18)20-12/h7-8,10H,3-6H2,1-2H3,(H3,18,19,20). The van der Waals surface area contributed by atoms with Crippen molar-refractivity contribution in [1.29, 1.82) is 0 Å². The zero-order valence-electron chi connectivity index (χ0n) is 11.7. The maximum Gasteiger partial charge on any atom is 0.416 e. The number of nitrogens with two attached hydrogens (primary N) is 1. The van der Waals surface area contributed by atoms with Gasteiger partial charge in [-0.1, -0.05) is 26.7 Å². The van der Waals surface area contributed by atoms with Crippen LogP contribution in [-0.4, -0.2) is 11.0 Å². The van der Waals surface area contributed by atoms with E-state index >= 15 is 0 Å². The molecule has 1 heterocycles. The molecule has 0 radical (unpaired) electrons. The maximum atomic E-state index is 12.8. The van der Waals surface area contributed by atoms with Crippen LogP contribution in [0.5, 0.6) is 0 Å². The fraction of sp³-hybridized carbons (Fsp3) is 0.643. The minimum Gasteiger partial charge on any atom is -0.384 e. The molecule has 0 bridgehead atoms. The molecule has 1 atom stereocenters. The molecule has 0 spiro atoms. The Morgan fingerprint density at radius 1 is 1.30 bits per heavy atom. The van der Waals surface area contributed by atoms with E-state index in [0.717, 1.165) is 37.8 Å². The van der Waals surface area contributed by atoms with E-state index in [2.05, 4.69) is 24.1 Å². The fourth-order valence-electron chi connectivity index (χ4n) is 2.73. The van der Waals surface area contributed by atoms with Crippen molar-refractivity contribution in [1.82, 2.24) is 4.98 Å². The average molecular weight is 287 g/mol. The molecule has 0 aliphatic heterocycles. The third-order valence-corrected chi connectivity index (χ3v) is 4.00. The molecule has 3 N–H and O–H groups in total. The van der Waals surface area contributed by atoms with Crippen LogP contribution in [0.25, 0.3) is 0 Å². The topological polar surface area (TPSA) is 50.9 Å². The third kappa shape index (κ3) is 3.35. The summed E-state index contributed by atoms with van der Waals surface area (Å²) in [5.41, 5.74) is 4.76. The zero-order chi connectivity index (χ0) is 15.0. The summed E-state index contributed by atoms with van der Waals surface area (Å²) in [7, 11) is 0. The highest BCUT2D eigenvalue weighted by molar-refractivity contribution is 5.48. The van der Waals surface area contributed by atoms with Crippen LogP contribution in [-0.2, 0) is 6.18 Å². The Labute approximate surface area is 116 Å². The number of nitrogens with one attached hydrogen (secondary N) is 1. The second-order valence-electron chi connectivity index (χ2n) is 6.09. The molecule has 1 aliphatic rings. The molecular weight excluding hydrogens is 267 g/mol. The second kappa shape index (κ2) is 5.14. The molecule has 6 heteroatoms. The number of hydrogen-bond donors (Lipinski definition) is 2. The van der Waals surface area contributed by atoms with Crippen molar-refractivity contribution in [2.45, 2.75) is 51.7 Å². The molecule has 1 aliphatic carbocycles. The smallest absolute Gasteiger partial charge is 0.384 e. The van der Waals surface area contributed by atoms with Gasteiger partial charge in [0.25, 0.3) is 0 Å². The molecule has 1 aromatic heterocycles. The van der Waals surface area contributed by atoms with Crippen LogP contribution >= 0.6 is 0 Å². The lowest BCUT2D eigenvalue weighted by Gasteiger charge is -2.39. The van der Waals surface area contributed by atoms with Crippen molar-refractivity contribution in [2.24, 2.45) is 5.41 Å². The van der Waals surface area contributed by atoms with Crippen LogP contribution in [0.3, 0.4) is 0 Å². The largest absolute Gasteiger partial charge is 0.416 e. The van der Waals surface area contributed by atoms with Gasteiger partial charge in [-0.3, -0.25) is 0 Å². The summed E-state index contributed by atoms with van der Waals surface area (Å²) in [6.45, 7) is 4.25. The predicted molar refractivity (Wildman–Crippen MR) is 73.3 cm³/mol. The van der Waals surface area contributed by atoms with Gasteiger partial charge in [0, 0.05) is 6.04 Å². The molecule has 1 unspecified atom stereocenters. The maximum absolute atomic E-state index is 12.8. The van der Waals surface area contributed by atoms with Crippen LogP contribution < -0.4 is 11.1 Å². The highest BCUT2D eigenvalue weighted by Crippen LogP contribution is 2.38. The molecule has 20 heavy (non-hydrogen) atoms. The van der Waals surface area contributed by atoms with Gasteiger partial charge in [-0.15, -0.1) is 0 Å². The number of alkyl halides is 3. The molecule has 2 rings (SSSR count). The number of anilines is 2. The highest BCUT2D eigenvalue weighted by atomic mass is 19.4. The van der Waals surface area contributed by atoms with Crippen molar-refractivity contribution in [3.8, 4) is 0 Å². The molecule has 0 aromatic carbocycles. The van der Waals surface area contributed by atoms with Gasteiger partial charge in [0.15, 0.2) is 0 Å². The van der Waals surface area contributed by atoms with Crippen molar-refractivity contribution in [3.63, 3.8) is 0 Å². The first-order chi connectivity index (χ1) is 9.18. The van der Waals surface area contributed by atoms with Gasteiger partial charge in [-0.2, -0.15) is 13.2 Å². The minimum atomic E-state index is -4.41. The highest BCUT2D eigenvalue weighted by Gasteiger charge is 2.34. The van der Waals surface area contributed by atoms with Crippen LogP contribution in [0.2, 0.25) is 0 Å². The number of nitrogen functional groups attached to an aromatic ring is 1. The molecule has 0 saturated heterocycles. The van der Waals surface area contributed by atoms with E-state index in [0.29, 0.717) is 0 Å². The zero-order valence-corrected chi connectivity index (χ0v) is 11.7. The van der Waals surface area contributed by atoms with Crippen LogP contribution in [0.1, 0.15) is 45.1 Å². The van der Waals surface area contributed by atoms with E-state index < -0.39 is 11.7 Å². The summed E-state index contributed by atoms with van der Waals surface area (Å²) in [5, 5.41) is 3.13. The first kappa shape index (κ1) is 14.9. The van der Waals surface area contributed by atoms with Crippen molar-refractivity contribution in [3.05, 3.63) is 17.7 Å². The lowest BCUT2D eigenvalue weighted by atomic mass is 9.73. The second-order valence-corrected chi connectivity index (χ2v) is 6.09. The predicted octanol–water partition coefficient (Wildman–Crippen LogP) is 4.06. The van der Waals surface area contributed by atoms with E-state index in [4.69, 9.17) is 5.73 Å². The summed E-state index contributed by atoms with van der Waals surface area (Å²) < 4.78 is 38.3. The first-order valence-electron chi connectivity index (χ1n) is 6.80. The minimum absolute atomic E-state index is 0.0446. The number of aromatic nitrogens is 1. The lowest BCUT2D eigenvalue weighted by Crippen LogP contribution is -2.39. The summed E-state index contributed by atoms with van der Waals surface area (Å²) >= 11 is 0. The van der Waals surface area contributed by atoms with Gasteiger partial charge in [0.05, 0.1) is 5.56 Å². The Kier molecular flexibility index (Phi) is 3.84. The monoisotopic (exact) mass is 287 g/mol. The van der Waals surface area contributed by atoms with Crippen molar-refractivity contribution >= 4 is 11.6 Å². The molecular formula is C14H20F3N3. The van der Waals surface area contributed by atoms with Crippen LogP contribution in [0, 0.1) is 5.41 Å². The summed E-state index contributed by atoms with van der Waals surface area (Å²) in [4.78, 5) is 3.97.